The summed E-state index contributed by atoms with van der Waals surface area (Å²) in [4.78, 5) is 11.9. The zero-order chi connectivity index (χ0) is 15.3. The fraction of sp³-hybridized carbons (Fsp3) is 0.533. The summed E-state index contributed by atoms with van der Waals surface area (Å²) in [6.07, 6.45) is 0.918. The van der Waals surface area contributed by atoms with Gasteiger partial charge in [0, 0.05) is 15.0 Å². The predicted molar refractivity (Wildman–Crippen MR) is 88.7 cm³/mol. The highest BCUT2D eigenvalue weighted by Gasteiger charge is 2.27. The van der Waals surface area contributed by atoms with Crippen molar-refractivity contribution in [2.75, 3.05) is 7.11 Å². The highest BCUT2D eigenvalue weighted by Crippen LogP contribution is 2.27. The fourth-order valence-electron chi connectivity index (χ4n) is 2.04. The van der Waals surface area contributed by atoms with Crippen molar-refractivity contribution in [3.63, 3.8) is 0 Å². The van der Waals surface area contributed by atoms with Crippen molar-refractivity contribution in [1.29, 1.82) is 0 Å². The SMILES string of the molecule is CCC(C)C(NC(C)c1ccc(Br)cc1Br)C(=O)OC. The molecule has 112 valence electrons. The Bertz CT molecular complexity index is 465. The van der Waals surface area contributed by atoms with E-state index in [2.05, 4.69) is 51.0 Å². The molecule has 0 aliphatic carbocycles. The van der Waals surface area contributed by atoms with E-state index >= 15 is 0 Å². The Kier molecular flexibility index (Phi) is 7.20. The molecule has 0 spiro atoms. The molecule has 0 radical (unpaired) electrons. The molecular weight excluding hydrogens is 386 g/mol. The number of halogens is 2. The van der Waals surface area contributed by atoms with Crippen LogP contribution < -0.4 is 5.32 Å². The van der Waals surface area contributed by atoms with E-state index in [9.17, 15) is 4.79 Å². The van der Waals surface area contributed by atoms with Crippen LogP contribution >= 0.6 is 31.9 Å². The lowest BCUT2D eigenvalue weighted by Gasteiger charge is -2.26. The van der Waals surface area contributed by atoms with Crippen molar-refractivity contribution in [3.05, 3.63) is 32.7 Å². The Hall–Kier alpha value is -0.390. The number of hydrogen-bond acceptors (Lipinski definition) is 3. The van der Waals surface area contributed by atoms with Gasteiger partial charge in [-0.2, -0.15) is 0 Å². The second-order valence-corrected chi connectivity index (χ2v) is 6.71. The van der Waals surface area contributed by atoms with Gasteiger partial charge in [-0.15, -0.1) is 0 Å². The van der Waals surface area contributed by atoms with Crippen molar-refractivity contribution in [1.82, 2.24) is 5.32 Å². The molecule has 0 saturated heterocycles. The molecule has 20 heavy (non-hydrogen) atoms. The molecule has 0 aliphatic heterocycles. The minimum Gasteiger partial charge on any atom is -0.468 e. The number of hydrogen-bond donors (Lipinski definition) is 1. The highest BCUT2D eigenvalue weighted by atomic mass is 79.9. The molecule has 1 aromatic carbocycles. The minimum atomic E-state index is -0.296. The van der Waals surface area contributed by atoms with Gasteiger partial charge in [-0.3, -0.25) is 10.1 Å². The number of carbonyl (C=O) groups excluding carboxylic acids is 1. The van der Waals surface area contributed by atoms with Crippen LogP contribution in [0.2, 0.25) is 0 Å². The van der Waals surface area contributed by atoms with Gasteiger partial charge in [-0.25, -0.2) is 0 Å². The van der Waals surface area contributed by atoms with Gasteiger partial charge < -0.3 is 4.74 Å². The van der Waals surface area contributed by atoms with Gasteiger partial charge in [0.1, 0.15) is 6.04 Å². The van der Waals surface area contributed by atoms with E-state index in [0.717, 1.165) is 20.9 Å². The summed E-state index contributed by atoms with van der Waals surface area (Å²) >= 11 is 7.00. The van der Waals surface area contributed by atoms with E-state index in [1.807, 2.05) is 25.1 Å². The standard InChI is InChI=1S/C15H21Br2NO2/c1-5-9(2)14(15(19)20-4)18-10(3)12-7-6-11(16)8-13(12)17/h6-10,14,18H,5H2,1-4H3. The van der Waals surface area contributed by atoms with Crippen LogP contribution in [0.5, 0.6) is 0 Å². The highest BCUT2D eigenvalue weighted by molar-refractivity contribution is 9.11. The number of benzene rings is 1. The summed E-state index contributed by atoms with van der Waals surface area (Å²) in [6, 6.07) is 5.79. The Morgan fingerprint density at radius 1 is 1.35 bits per heavy atom. The van der Waals surface area contributed by atoms with Gasteiger partial charge in [0.25, 0.3) is 0 Å². The van der Waals surface area contributed by atoms with E-state index in [0.29, 0.717) is 0 Å². The summed E-state index contributed by atoms with van der Waals surface area (Å²) in [5.41, 5.74) is 1.12. The maximum atomic E-state index is 11.9. The van der Waals surface area contributed by atoms with Crippen LogP contribution in [0.1, 0.15) is 38.8 Å². The largest absolute Gasteiger partial charge is 0.468 e. The molecule has 1 N–H and O–H groups in total. The molecular formula is C15H21Br2NO2. The zero-order valence-corrected chi connectivity index (χ0v) is 15.4. The summed E-state index contributed by atoms with van der Waals surface area (Å²) in [6.45, 7) is 6.17. The van der Waals surface area contributed by atoms with Crippen LogP contribution in [0.3, 0.4) is 0 Å². The third-order valence-electron chi connectivity index (χ3n) is 3.53. The lowest BCUT2D eigenvalue weighted by molar-refractivity contribution is -0.144. The van der Waals surface area contributed by atoms with E-state index in [4.69, 9.17) is 4.74 Å². The average Bonchev–Trinajstić information content (AvgIpc) is 2.42. The fourth-order valence-corrected chi connectivity index (χ4v) is 3.43. The van der Waals surface area contributed by atoms with Gasteiger partial charge in [-0.05, 0) is 30.5 Å². The molecule has 0 amide bonds. The Morgan fingerprint density at radius 3 is 2.50 bits per heavy atom. The first kappa shape index (κ1) is 17.7. The van der Waals surface area contributed by atoms with Gasteiger partial charge >= 0.3 is 5.97 Å². The quantitative estimate of drug-likeness (QED) is 0.709. The second-order valence-electron chi connectivity index (χ2n) is 4.94. The van der Waals surface area contributed by atoms with Crippen molar-refractivity contribution in [3.8, 4) is 0 Å². The van der Waals surface area contributed by atoms with Crippen LogP contribution in [0.4, 0.5) is 0 Å². The second kappa shape index (κ2) is 8.15. The smallest absolute Gasteiger partial charge is 0.323 e. The molecule has 3 unspecified atom stereocenters. The maximum absolute atomic E-state index is 11.9. The minimum absolute atomic E-state index is 0.0515. The lowest BCUT2D eigenvalue weighted by Crippen LogP contribution is -2.43. The number of carbonyl (C=O) groups is 1. The maximum Gasteiger partial charge on any atom is 0.323 e. The third-order valence-corrected chi connectivity index (χ3v) is 4.71. The van der Waals surface area contributed by atoms with Gasteiger partial charge in [-0.1, -0.05) is 58.2 Å². The van der Waals surface area contributed by atoms with Crippen LogP contribution in [0.25, 0.3) is 0 Å². The molecule has 0 heterocycles. The van der Waals surface area contributed by atoms with E-state index in [1.54, 1.807) is 0 Å². The first-order chi connectivity index (χ1) is 9.40. The van der Waals surface area contributed by atoms with Gasteiger partial charge in [0.15, 0.2) is 0 Å². The van der Waals surface area contributed by atoms with Crippen molar-refractivity contribution < 1.29 is 9.53 Å². The van der Waals surface area contributed by atoms with Crippen LogP contribution in [0.15, 0.2) is 27.1 Å². The van der Waals surface area contributed by atoms with Gasteiger partial charge in [0.05, 0.1) is 7.11 Å². The first-order valence-electron chi connectivity index (χ1n) is 6.69. The summed E-state index contributed by atoms with van der Waals surface area (Å²) < 4.78 is 6.93. The van der Waals surface area contributed by atoms with Crippen molar-refractivity contribution in [2.24, 2.45) is 5.92 Å². The molecule has 5 heteroatoms. The van der Waals surface area contributed by atoms with E-state index < -0.39 is 0 Å². The molecule has 1 rings (SSSR count). The normalized spacial score (nSPS) is 15.5. The Labute approximate surface area is 137 Å². The Balaban J connectivity index is 2.90. The summed E-state index contributed by atoms with van der Waals surface area (Å²) in [5.74, 6) is 0.0126. The van der Waals surface area contributed by atoms with E-state index in [1.165, 1.54) is 7.11 Å². The molecule has 0 aliphatic rings. The number of nitrogens with one attached hydrogen (secondary N) is 1. The molecule has 3 nitrogen and oxygen atoms in total. The number of ether oxygens (including phenoxy) is 1. The van der Waals surface area contributed by atoms with Crippen LogP contribution in [-0.2, 0) is 9.53 Å². The number of esters is 1. The summed E-state index contributed by atoms with van der Waals surface area (Å²) in [7, 11) is 1.43. The monoisotopic (exact) mass is 405 g/mol. The average molecular weight is 407 g/mol. The van der Waals surface area contributed by atoms with Gasteiger partial charge in [0.2, 0.25) is 0 Å². The topological polar surface area (TPSA) is 38.3 Å². The number of methoxy groups -OCH3 is 1. The van der Waals surface area contributed by atoms with Crippen LogP contribution in [0, 0.1) is 5.92 Å². The van der Waals surface area contributed by atoms with Crippen molar-refractivity contribution in [2.45, 2.75) is 39.3 Å². The Morgan fingerprint density at radius 2 is 2.00 bits per heavy atom. The van der Waals surface area contributed by atoms with Crippen LogP contribution in [-0.4, -0.2) is 19.1 Å². The first-order valence-corrected chi connectivity index (χ1v) is 8.28. The lowest BCUT2D eigenvalue weighted by atomic mass is 9.97. The van der Waals surface area contributed by atoms with E-state index in [-0.39, 0.29) is 24.0 Å². The third kappa shape index (κ3) is 4.57. The van der Waals surface area contributed by atoms with Crippen molar-refractivity contribution >= 4 is 37.8 Å². The molecule has 0 aromatic heterocycles. The summed E-state index contributed by atoms with van der Waals surface area (Å²) in [5, 5.41) is 3.38. The number of rotatable bonds is 6. The molecule has 0 fully saturated rings. The molecule has 0 bridgehead atoms. The predicted octanol–water partition coefficient (Wildman–Crippen LogP) is 4.45. The molecule has 0 saturated carbocycles. The zero-order valence-electron chi connectivity index (χ0n) is 12.2. The molecule has 1 aromatic rings. The molecule has 3 atom stereocenters.